The van der Waals surface area contributed by atoms with Gasteiger partial charge in [-0.15, -0.1) is 11.3 Å². The van der Waals surface area contributed by atoms with Crippen molar-refractivity contribution in [3.63, 3.8) is 0 Å². The van der Waals surface area contributed by atoms with Gasteiger partial charge in [0, 0.05) is 10.4 Å². The Kier molecular flexibility index (Phi) is 5.24. The first-order valence-electron chi connectivity index (χ1n) is 9.69. The summed E-state index contributed by atoms with van der Waals surface area (Å²) < 4.78 is 7.53. The van der Waals surface area contributed by atoms with Crippen molar-refractivity contribution in [2.45, 2.75) is 34.2 Å². The Morgan fingerprint density at radius 1 is 0.966 bits per heavy atom. The zero-order valence-electron chi connectivity index (χ0n) is 17.2. The van der Waals surface area contributed by atoms with Gasteiger partial charge >= 0.3 is 0 Å². The van der Waals surface area contributed by atoms with Crippen LogP contribution in [-0.2, 0) is 6.54 Å². The van der Waals surface area contributed by atoms with E-state index >= 15 is 0 Å². The molecule has 0 N–H and O–H groups in total. The summed E-state index contributed by atoms with van der Waals surface area (Å²) in [6, 6.07) is 14.4. The minimum absolute atomic E-state index is 0.0149. The summed E-state index contributed by atoms with van der Waals surface area (Å²) in [7, 11) is 0. The fraction of sp³-hybridized carbons (Fsp3) is 0.250. The standard InChI is InChI=1S/C24H24N2O2S/c1-15-5-7-19(8-6-15)21-18(4)29-23-22(21)24(27)26(14-25-23)9-10-28-20-12-16(2)11-17(3)13-20/h5-8,11-14H,9-10H2,1-4H3. The first kappa shape index (κ1) is 19.4. The summed E-state index contributed by atoms with van der Waals surface area (Å²) in [4.78, 5) is 19.7. The van der Waals surface area contributed by atoms with Crippen LogP contribution in [0.5, 0.6) is 5.75 Å². The molecule has 0 spiro atoms. The monoisotopic (exact) mass is 404 g/mol. The molecule has 148 valence electrons. The molecule has 4 aromatic rings. The third-order valence-electron chi connectivity index (χ3n) is 4.99. The van der Waals surface area contributed by atoms with Gasteiger partial charge in [0.25, 0.3) is 5.56 Å². The lowest BCUT2D eigenvalue weighted by atomic mass is 10.0. The van der Waals surface area contributed by atoms with Crippen LogP contribution in [0.25, 0.3) is 21.3 Å². The van der Waals surface area contributed by atoms with E-state index in [0.717, 1.165) is 37.7 Å². The van der Waals surface area contributed by atoms with Crippen LogP contribution < -0.4 is 10.3 Å². The normalized spacial score (nSPS) is 11.2. The topological polar surface area (TPSA) is 44.1 Å². The Bertz CT molecular complexity index is 1220. The molecule has 0 aliphatic carbocycles. The number of ether oxygens (including phenoxy) is 1. The fourth-order valence-corrected chi connectivity index (χ4v) is 4.65. The second-order valence-corrected chi connectivity index (χ2v) is 8.70. The molecule has 2 heterocycles. The number of aryl methyl sites for hydroxylation is 4. The molecule has 5 heteroatoms. The van der Waals surface area contributed by atoms with Crippen molar-refractivity contribution in [1.29, 1.82) is 0 Å². The van der Waals surface area contributed by atoms with E-state index < -0.39 is 0 Å². The number of benzene rings is 2. The van der Waals surface area contributed by atoms with Crippen LogP contribution >= 0.6 is 11.3 Å². The van der Waals surface area contributed by atoms with E-state index in [9.17, 15) is 4.79 Å². The molecule has 0 saturated carbocycles. The van der Waals surface area contributed by atoms with Crippen molar-refractivity contribution < 1.29 is 4.74 Å². The second kappa shape index (κ2) is 7.84. The van der Waals surface area contributed by atoms with Crippen molar-refractivity contribution in [2.75, 3.05) is 6.61 Å². The molecule has 4 nitrogen and oxygen atoms in total. The van der Waals surface area contributed by atoms with E-state index in [-0.39, 0.29) is 5.56 Å². The fourth-order valence-electron chi connectivity index (χ4n) is 3.64. The molecule has 2 aromatic heterocycles. The molecule has 2 aromatic carbocycles. The van der Waals surface area contributed by atoms with Gasteiger partial charge in [-0.3, -0.25) is 9.36 Å². The van der Waals surface area contributed by atoms with Gasteiger partial charge in [0.1, 0.15) is 17.2 Å². The van der Waals surface area contributed by atoms with Crippen LogP contribution in [-0.4, -0.2) is 16.2 Å². The Labute approximate surface area is 174 Å². The average Bonchev–Trinajstić information content (AvgIpc) is 3.00. The highest BCUT2D eigenvalue weighted by atomic mass is 32.1. The lowest BCUT2D eigenvalue weighted by Crippen LogP contribution is -2.23. The molecule has 0 amide bonds. The van der Waals surface area contributed by atoms with E-state index in [0.29, 0.717) is 18.5 Å². The number of hydrogen-bond donors (Lipinski definition) is 0. The lowest BCUT2D eigenvalue weighted by molar-refractivity contribution is 0.295. The maximum atomic E-state index is 13.2. The number of aromatic nitrogens is 2. The second-order valence-electron chi connectivity index (χ2n) is 7.49. The van der Waals surface area contributed by atoms with Gasteiger partial charge in [-0.05, 0) is 56.5 Å². The Hall–Kier alpha value is -2.92. The Morgan fingerprint density at radius 3 is 2.34 bits per heavy atom. The minimum atomic E-state index is -0.0149. The van der Waals surface area contributed by atoms with Crippen molar-refractivity contribution in [3.05, 3.63) is 80.7 Å². The minimum Gasteiger partial charge on any atom is -0.492 e. The van der Waals surface area contributed by atoms with Crippen molar-refractivity contribution in [2.24, 2.45) is 0 Å². The molecule has 0 atom stereocenters. The van der Waals surface area contributed by atoms with Crippen LogP contribution in [0.4, 0.5) is 0 Å². The molecule has 0 radical (unpaired) electrons. The summed E-state index contributed by atoms with van der Waals surface area (Å²) >= 11 is 1.57. The highest BCUT2D eigenvalue weighted by Crippen LogP contribution is 2.35. The Morgan fingerprint density at radius 2 is 1.66 bits per heavy atom. The quantitative estimate of drug-likeness (QED) is 0.445. The van der Waals surface area contributed by atoms with Crippen LogP contribution in [0.3, 0.4) is 0 Å². The zero-order chi connectivity index (χ0) is 20.5. The van der Waals surface area contributed by atoms with Crippen molar-refractivity contribution in [3.8, 4) is 16.9 Å². The highest BCUT2D eigenvalue weighted by Gasteiger charge is 2.16. The van der Waals surface area contributed by atoms with Gasteiger partial charge in [-0.2, -0.15) is 0 Å². The molecule has 29 heavy (non-hydrogen) atoms. The molecule has 0 aliphatic rings. The van der Waals surface area contributed by atoms with E-state index in [1.165, 1.54) is 5.56 Å². The summed E-state index contributed by atoms with van der Waals surface area (Å²) in [5, 5.41) is 0.699. The molecule has 0 bridgehead atoms. The first-order valence-corrected chi connectivity index (χ1v) is 10.5. The number of nitrogens with zero attached hydrogens (tertiary/aromatic N) is 2. The van der Waals surface area contributed by atoms with Gasteiger partial charge in [-0.1, -0.05) is 35.9 Å². The molecule has 4 rings (SSSR count). The maximum Gasteiger partial charge on any atom is 0.262 e. The van der Waals surface area contributed by atoms with E-state index in [1.807, 2.05) is 26.0 Å². The predicted octanol–water partition coefficient (Wildman–Crippen LogP) is 5.44. The van der Waals surface area contributed by atoms with Crippen LogP contribution in [0.15, 0.2) is 53.6 Å². The SMILES string of the molecule is Cc1ccc(-c2c(C)sc3ncn(CCOc4cc(C)cc(C)c4)c(=O)c23)cc1. The zero-order valence-corrected chi connectivity index (χ0v) is 18.0. The van der Waals surface area contributed by atoms with Gasteiger partial charge in [0.05, 0.1) is 18.3 Å². The summed E-state index contributed by atoms with van der Waals surface area (Å²) in [5.41, 5.74) is 5.56. The predicted molar refractivity (Wildman–Crippen MR) is 120 cm³/mol. The lowest BCUT2D eigenvalue weighted by Gasteiger charge is -2.10. The first-order chi connectivity index (χ1) is 13.9. The van der Waals surface area contributed by atoms with Gasteiger partial charge in [-0.25, -0.2) is 4.98 Å². The smallest absolute Gasteiger partial charge is 0.262 e. The van der Waals surface area contributed by atoms with Crippen LogP contribution in [0.2, 0.25) is 0 Å². The number of rotatable bonds is 5. The Balaban J connectivity index is 1.64. The molecular weight excluding hydrogens is 380 g/mol. The van der Waals surface area contributed by atoms with Gasteiger partial charge < -0.3 is 4.74 Å². The van der Waals surface area contributed by atoms with Gasteiger partial charge in [0.2, 0.25) is 0 Å². The third kappa shape index (κ3) is 3.96. The van der Waals surface area contributed by atoms with E-state index in [1.54, 1.807) is 22.2 Å². The summed E-state index contributed by atoms with van der Waals surface area (Å²) in [6.45, 7) is 9.08. The van der Waals surface area contributed by atoms with Crippen molar-refractivity contribution >= 4 is 21.6 Å². The maximum absolute atomic E-state index is 13.2. The molecular formula is C24H24N2O2S. The largest absolute Gasteiger partial charge is 0.492 e. The number of hydrogen-bond acceptors (Lipinski definition) is 4. The molecule has 0 fully saturated rings. The number of fused-ring (bicyclic) bond motifs is 1. The van der Waals surface area contributed by atoms with E-state index in [2.05, 4.69) is 49.2 Å². The van der Waals surface area contributed by atoms with Gasteiger partial charge in [0.15, 0.2) is 0 Å². The average molecular weight is 405 g/mol. The highest BCUT2D eigenvalue weighted by molar-refractivity contribution is 7.19. The third-order valence-corrected chi connectivity index (χ3v) is 6.00. The molecule has 0 aliphatic heterocycles. The summed E-state index contributed by atoms with van der Waals surface area (Å²) in [6.07, 6.45) is 1.63. The molecule has 0 saturated heterocycles. The number of thiophene rings is 1. The van der Waals surface area contributed by atoms with E-state index in [4.69, 9.17) is 4.74 Å². The van der Waals surface area contributed by atoms with Crippen LogP contribution in [0, 0.1) is 27.7 Å². The van der Waals surface area contributed by atoms with Crippen molar-refractivity contribution in [1.82, 2.24) is 9.55 Å². The summed E-state index contributed by atoms with van der Waals surface area (Å²) in [5.74, 6) is 0.830. The van der Waals surface area contributed by atoms with Crippen LogP contribution in [0.1, 0.15) is 21.6 Å². The molecule has 0 unspecified atom stereocenters.